The van der Waals surface area contributed by atoms with Crippen LogP contribution in [0.1, 0.15) is 20.8 Å². The van der Waals surface area contributed by atoms with Crippen LogP contribution in [0.15, 0.2) is 71.5 Å². The maximum absolute atomic E-state index is 13.3. The van der Waals surface area contributed by atoms with Crippen LogP contribution in [-0.4, -0.2) is 12.4 Å². The molecule has 0 saturated heterocycles. The van der Waals surface area contributed by atoms with Gasteiger partial charge in [0.05, 0.1) is 5.83 Å². The fourth-order valence-electron chi connectivity index (χ4n) is 1.45. The SMILES string of the molecule is C=C/C(=C\C=C(/C)F)CNC(=C\C(=N)N)/C(C)=C/C(F)=C\C. The van der Waals surface area contributed by atoms with E-state index in [1.807, 2.05) is 0 Å². The smallest absolute Gasteiger partial charge is 0.119 e. The van der Waals surface area contributed by atoms with Gasteiger partial charge < -0.3 is 11.1 Å². The molecule has 0 aliphatic heterocycles. The highest BCUT2D eigenvalue weighted by atomic mass is 19.1. The zero-order valence-electron chi connectivity index (χ0n) is 13.2. The lowest BCUT2D eigenvalue weighted by Gasteiger charge is -2.12. The van der Waals surface area contributed by atoms with Crippen molar-refractivity contribution in [3.63, 3.8) is 0 Å². The summed E-state index contributed by atoms with van der Waals surface area (Å²) in [6, 6.07) is 0. The van der Waals surface area contributed by atoms with Crippen molar-refractivity contribution < 1.29 is 8.78 Å². The van der Waals surface area contributed by atoms with E-state index in [-0.39, 0.29) is 17.5 Å². The number of hydrogen-bond acceptors (Lipinski definition) is 2. The Balaban J connectivity index is 5.23. The van der Waals surface area contributed by atoms with Gasteiger partial charge in [-0.25, -0.2) is 8.78 Å². The maximum atomic E-state index is 13.3. The van der Waals surface area contributed by atoms with Crippen molar-refractivity contribution >= 4 is 5.84 Å². The fourth-order valence-corrected chi connectivity index (χ4v) is 1.45. The molecule has 0 aromatic heterocycles. The van der Waals surface area contributed by atoms with Gasteiger partial charge in [-0.1, -0.05) is 24.8 Å². The van der Waals surface area contributed by atoms with Gasteiger partial charge in [0, 0.05) is 18.3 Å². The second-order valence-electron chi connectivity index (χ2n) is 4.57. The van der Waals surface area contributed by atoms with Crippen molar-refractivity contribution in [2.75, 3.05) is 6.54 Å². The van der Waals surface area contributed by atoms with Crippen LogP contribution in [0.3, 0.4) is 0 Å². The number of amidine groups is 1. The molecule has 0 aromatic rings. The number of hydrogen-bond donors (Lipinski definition) is 3. The second-order valence-corrected chi connectivity index (χ2v) is 4.57. The van der Waals surface area contributed by atoms with Crippen LogP contribution in [0.2, 0.25) is 0 Å². The molecule has 5 heteroatoms. The second kappa shape index (κ2) is 10.3. The molecule has 22 heavy (non-hydrogen) atoms. The first kappa shape index (κ1) is 19.6. The molecule has 0 saturated carbocycles. The Morgan fingerprint density at radius 2 is 1.86 bits per heavy atom. The normalized spacial score (nSPS) is 14.9. The standard InChI is InChI=1S/C17H23F2N3/c1-5-14(8-7-13(4)18)11-22-16(10-17(20)21)12(3)9-15(19)6-2/h5-10,22H,1,11H2,2-4H3,(H3,20,21)/b12-9+,13-7+,14-8+,15-6+,16-10-. The van der Waals surface area contributed by atoms with Gasteiger partial charge in [0.15, 0.2) is 0 Å². The van der Waals surface area contributed by atoms with Crippen molar-refractivity contribution in [1.29, 1.82) is 5.41 Å². The predicted octanol–water partition coefficient (Wildman–Crippen LogP) is 4.20. The van der Waals surface area contributed by atoms with E-state index < -0.39 is 0 Å². The van der Waals surface area contributed by atoms with E-state index in [0.717, 1.165) is 5.57 Å². The molecule has 0 spiro atoms. The number of nitrogens with one attached hydrogen (secondary N) is 2. The molecule has 0 fully saturated rings. The average Bonchev–Trinajstić information content (AvgIpc) is 2.45. The third kappa shape index (κ3) is 8.68. The van der Waals surface area contributed by atoms with E-state index in [1.54, 1.807) is 26.0 Å². The third-order valence-electron chi connectivity index (χ3n) is 2.63. The first-order valence-electron chi connectivity index (χ1n) is 6.75. The predicted molar refractivity (Wildman–Crippen MR) is 89.8 cm³/mol. The Kier molecular flexibility index (Phi) is 9.18. The molecule has 0 radical (unpaired) electrons. The molecule has 4 N–H and O–H groups in total. The molecule has 0 unspecified atom stereocenters. The highest BCUT2D eigenvalue weighted by Gasteiger charge is 2.03. The van der Waals surface area contributed by atoms with Gasteiger partial charge in [0.1, 0.15) is 11.7 Å². The van der Waals surface area contributed by atoms with Crippen molar-refractivity contribution in [1.82, 2.24) is 5.32 Å². The van der Waals surface area contributed by atoms with Crippen LogP contribution in [0, 0.1) is 5.41 Å². The molecule has 0 amide bonds. The topological polar surface area (TPSA) is 61.9 Å². The van der Waals surface area contributed by atoms with Gasteiger partial charge in [-0.2, -0.15) is 0 Å². The lowest BCUT2D eigenvalue weighted by molar-refractivity contribution is 0.640. The van der Waals surface area contributed by atoms with Crippen LogP contribution < -0.4 is 11.1 Å². The van der Waals surface area contributed by atoms with Crippen LogP contribution in [0.4, 0.5) is 8.78 Å². The number of rotatable bonds is 8. The Morgan fingerprint density at radius 3 is 2.32 bits per heavy atom. The van der Waals surface area contributed by atoms with Gasteiger partial charge in [-0.15, -0.1) is 0 Å². The summed E-state index contributed by atoms with van der Waals surface area (Å²) in [5, 5.41) is 10.4. The van der Waals surface area contributed by atoms with E-state index in [1.165, 1.54) is 31.2 Å². The number of nitrogens with two attached hydrogens (primary N) is 1. The van der Waals surface area contributed by atoms with Crippen LogP contribution in [-0.2, 0) is 0 Å². The summed E-state index contributed by atoms with van der Waals surface area (Å²) in [6.07, 6.45) is 8.57. The lowest BCUT2D eigenvalue weighted by Crippen LogP contribution is -2.20. The highest BCUT2D eigenvalue weighted by molar-refractivity contribution is 5.89. The molecular formula is C17H23F2N3. The third-order valence-corrected chi connectivity index (χ3v) is 2.63. The molecule has 3 nitrogen and oxygen atoms in total. The van der Waals surface area contributed by atoms with Gasteiger partial charge in [0.25, 0.3) is 0 Å². The summed E-state index contributed by atoms with van der Waals surface area (Å²) in [5.74, 6) is -0.853. The van der Waals surface area contributed by atoms with Crippen molar-refractivity contribution in [3.8, 4) is 0 Å². The minimum Gasteiger partial charge on any atom is -0.384 e. The quantitative estimate of drug-likeness (QED) is 0.357. The highest BCUT2D eigenvalue weighted by Crippen LogP contribution is 2.11. The molecule has 0 bridgehead atoms. The van der Waals surface area contributed by atoms with Crippen LogP contribution >= 0.6 is 0 Å². The zero-order chi connectivity index (χ0) is 17.1. The van der Waals surface area contributed by atoms with Crippen LogP contribution in [0.5, 0.6) is 0 Å². The Morgan fingerprint density at radius 1 is 1.23 bits per heavy atom. The van der Waals surface area contributed by atoms with Gasteiger partial charge >= 0.3 is 0 Å². The molecule has 120 valence electrons. The largest absolute Gasteiger partial charge is 0.384 e. The zero-order valence-corrected chi connectivity index (χ0v) is 13.2. The van der Waals surface area contributed by atoms with Crippen molar-refractivity contribution in [3.05, 3.63) is 71.5 Å². The first-order valence-corrected chi connectivity index (χ1v) is 6.75. The van der Waals surface area contributed by atoms with Crippen molar-refractivity contribution in [2.24, 2.45) is 5.73 Å². The number of halogens is 2. The van der Waals surface area contributed by atoms with Crippen molar-refractivity contribution in [2.45, 2.75) is 20.8 Å². The summed E-state index contributed by atoms with van der Waals surface area (Å²) in [7, 11) is 0. The summed E-state index contributed by atoms with van der Waals surface area (Å²) in [5.41, 5.74) is 7.21. The monoisotopic (exact) mass is 307 g/mol. The molecule has 0 aliphatic rings. The lowest BCUT2D eigenvalue weighted by atomic mass is 10.1. The molecule has 0 aromatic carbocycles. The average molecular weight is 307 g/mol. The molecule has 0 heterocycles. The van der Waals surface area contributed by atoms with Gasteiger partial charge in [-0.05, 0) is 44.1 Å². The Bertz CT molecular complexity index is 560. The van der Waals surface area contributed by atoms with E-state index in [2.05, 4.69) is 11.9 Å². The Hall–Kier alpha value is -2.43. The van der Waals surface area contributed by atoms with E-state index >= 15 is 0 Å². The summed E-state index contributed by atoms with van der Waals surface area (Å²) < 4.78 is 26.1. The minimum absolute atomic E-state index is 0.153. The molecule has 0 aliphatic carbocycles. The molecule has 0 rings (SSSR count). The minimum atomic E-state index is -0.385. The van der Waals surface area contributed by atoms with E-state index in [9.17, 15) is 8.78 Å². The van der Waals surface area contributed by atoms with Gasteiger partial charge in [0.2, 0.25) is 0 Å². The summed E-state index contributed by atoms with van der Waals surface area (Å²) >= 11 is 0. The Labute approximate surface area is 130 Å². The fraction of sp³-hybridized carbons (Fsp3) is 0.235. The summed E-state index contributed by atoms with van der Waals surface area (Å²) in [4.78, 5) is 0. The number of allylic oxidation sites excluding steroid dienone is 7. The van der Waals surface area contributed by atoms with E-state index in [4.69, 9.17) is 11.1 Å². The molecular weight excluding hydrogens is 284 g/mol. The first-order chi connectivity index (χ1) is 10.3. The summed E-state index contributed by atoms with van der Waals surface area (Å²) in [6.45, 7) is 8.63. The van der Waals surface area contributed by atoms with E-state index in [0.29, 0.717) is 17.8 Å². The molecule has 0 atom stereocenters. The van der Waals surface area contributed by atoms with Gasteiger partial charge in [-0.3, -0.25) is 5.41 Å². The maximum Gasteiger partial charge on any atom is 0.119 e. The van der Waals surface area contributed by atoms with Crippen LogP contribution in [0.25, 0.3) is 0 Å².